The maximum absolute atomic E-state index is 12.7. The van der Waals surface area contributed by atoms with Gasteiger partial charge in [-0.25, -0.2) is 0 Å². The van der Waals surface area contributed by atoms with E-state index in [1.165, 1.54) is 11.1 Å². The zero-order chi connectivity index (χ0) is 18.1. The number of likely N-dealkylation sites (N-methyl/N-ethyl adjacent to an activating group) is 1. The molecule has 1 aliphatic heterocycles. The molecule has 0 spiro atoms. The fraction of sp³-hybridized carbons (Fsp3) is 0.200. The topological polar surface area (TPSA) is 71.6 Å². The van der Waals surface area contributed by atoms with Crippen molar-refractivity contribution < 1.29 is 14.3 Å². The number of carbonyl (C=O) groups excluding carboxylic acids is 1. The fourth-order valence-corrected chi connectivity index (χ4v) is 3.07. The Morgan fingerprint density at radius 3 is 2.73 bits per heavy atom. The monoisotopic (exact) mass is 350 g/mol. The van der Waals surface area contributed by atoms with Crippen LogP contribution in [0.5, 0.6) is 11.5 Å². The van der Waals surface area contributed by atoms with Crippen molar-refractivity contribution in [2.75, 3.05) is 20.2 Å². The lowest BCUT2D eigenvalue weighted by molar-refractivity contribution is 0.0520. The zero-order valence-electron chi connectivity index (χ0n) is 14.3. The second kappa shape index (κ2) is 6.55. The maximum atomic E-state index is 12.7. The predicted octanol–water partition coefficient (Wildman–Crippen LogP) is 2.44. The predicted molar refractivity (Wildman–Crippen MR) is 97.9 cm³/mol. The number of H-pyrrole nitrogens is 1. The third-order valence-electron chi connectivity index (χ3n) is 4.41. The number of carbonyl (C=O) groups is 1. The van der Waals surface area contributed by atoms with Gasteiger partial charge in [0.15, 0.2) is 17.6 Å². The lowest BCUT2D eigenvalue weighted by atomic mass is 10.1. The number of hydrogen-bond donors (Lipinski definition) is 1. The largest absolute Gasteiger partial charge is 0.486 e. The van der Waals surface area contributed by atoms with Gasteiger partial charge >= 0.3 is 0 Å². The van der Waals surface area contributed by atoms with Crippen molar-refractivity contribution in [3.05, 3.63) is 70.5 Å². The van der Waals surface area contributed by atoms with Crippen LogP contribution in [0.3, 0.4) is 0 Å². The summed E-state index contributed by atoms with van der Waals surface area (Å²) in [4.78, 5) is 29.8. The first-order chi connectivity index (χ1) is 12.6. The minimum atomic E-state index is -0.348. The Morgan fingerprint density at radius 2 is 1.88 bits per heavy atom. The number of aromatic nitrogens is 1. The Balaban J connectivity index is 1.52. The summed E-state index contributed by atoms with van der Waals surface area (Å²) in [6, 6.07) is 14.5. The number of fused-ring (bicyclic) bond motifs is 2. The average molecular weight is 350 g/mol. The molecule has 1 atom stereocenters. The van der Waals surface area contributed by atoms with Gasteiger partial charge in [-0.15, -0.1) is 0 Å². The van der Waals surface area contributed by atoms with Crippen molar-refractivity contribution in [1.29, 1.82) is 0 Å². The third-order valence-corrected chi connectivity index (χ3v) is 4.41. The third kappa shape index (κ3) is 2.90. The Bertz CT molecular complexity index is 1030. The molecule has 2 aromatic carbocycles. The minimum Gasteiger partial charge on any atom is -0.486 e. The Labute approximate surface area is 150 Å². The standard InChI is InChI=1S/C20H18N2O4/c1-22(11-13-12-25-17-8-4-5-9-18(17)26-13)20(24)15-10-21-16-7-3-2-6-14(16)19(15)23/h2-10,13H,11-12H2,1H3,(H,21,23). The number of benzene rings is 2. The number of ether oxygens (including phenoxy) is 2. The molecule has 0 saturated heterocycles. The maximum Gasteiger partial charge on any atom is 0.259 e. The van der Waals surface area contributed by atoms with Crippen LogP contribution in [-0.4, -0.2) is 42.1 Å². The molecular formula is C20H18N2O4. The lowest BCUT2D eigenvalue weighted by Crippen LogP contribution is -2.42. The van der Waals surface area contributed by atoms with Crippen LogP contribution >= 0.6 is 0 Å². The van der Waals surface area contributed by atoms with Crippen LogP contribution in [-0.2, 0) is 0 Å². The molecule has 1 aliphatic rings. The molecule has 26 heavy (non-hydrogen) atoms. The summed E-state index contributed by atoms with van der Waals surface area (Å²) in [6.45, 7) is 0.669. The van der Waals surface area contributed by atoms with Crippen LogP contribution in [0.25, 0.3) is 10.9 Å². The van der Waals surface area contributed by atoms with Gasteiger partial charge in [-0.05, 0) is 24.3 Å². The van der Waals surface area contributed by atoms with Gasteiger partial charge in [-0.1, -0.05) is 24.3 Å². The van der Waals surface area contributed by atoms with Gasteiger partial charge in [-0.2, -0.15) is 0 Å². The molecule has 6 nitrogen and oxygen atoms in total. The number of rotatable bonds is 3. The van der Waals surface area contributed by atoms with E-state index in [4.69, 9.17) is 9.47 Å². The van der Waals surface area contributed by atoms with Gasteiger partial charge < -0.3 is 19.4 Å². The summed E-state index contributed by atoms with van der Waals surface area (Å²) in [7, 11) is 1.65. The molecule has 2 heterocycles. The highest BCUT2D eigenvalue weighted by atomic mass is 16.6. The van der Waals surface area contributed by atoms with Crippen molar-refractivity contribution in [2.45, 2.75) is 6.10 Å². The van der Waals surface area contributed by atoms with Crippen LogP contribution in [0.15, 0.2) is 59.5 Å². The van der Waals surface area contributed by atoms with E-state index in [0.717, 1.165) is 0 Å². The van der Waals surface area contributed by atoms with Crippen LogP contribution in [0.4, 0.5) is 0 Å². The first-order valence-electron chi connectivity index (χ1n) is 8.38. The summed E-state index contributed by atoms with van der Waals surface area (Å²) < 4.78 is 11.6. The highest BCUT2D eigenvalue weighted by Crippen LogP contribution is 2.31. The molecule has 1 unspecified atom stereocenters. The molecule has 0 radical (unpaired) electrons. The number of aromatic amines is 1. The van der Waals surface area contributed by atoms with Crippen molar-refractivity contribution >= 4 is 16.8 Å². The van der Waals surface area contributed by atoms with Gasteiger partial charge in [0, 0.05) is 24.1 Å². The smallest absolute Gasteiger partial charge is 0.259 e. The van der Waals surface area contributed by atoms with Crippen molar-refractivity contribution in [2.24, 2.45) is 0 Å². The summed E-state index contributed by atoms with van der Waals surface area (Å²) in [5.41, 5.74) is 0.544. The molecule has 0 bridgehead atoms. The number of nitrogens with zero attached hydrogens (tertiary/aromatic N) is 1. The van der Waals surface area contributed by atoms with E-state index in [1.54, 1.807) is 25.2 Å². The van der Waals surface area contributed by atoms with E-state index in [0.29, 0.717) is 35.6 Å². The normalized spacial score (nSPS) is 15.7. The van der Waals surface area contributed by atoms with Crippen molar-refractivity contribution in [3.63, 3.8) is 0 Å². The van der Waals surface area contributed by atoms with Gasteiger partial charge in [-0.3, -0.25) is 9.59 Å². The summed E-state index contributed by atoms with van der Waals surface area (Å²) in [6.07, 6.45) is 1.18. The Kier molecular flexibility index (Phi) is 4.08. The SMILES string of the molecule is CN(CC1COc2ccccc2O1)C(=O)c1c[nH]c2ccccc2c1=O. The van der Waals surface area contributed by atoms with Crippen LogP contribution in [0, 0.1) is 0 Å². The first kappa shape index (κ1) is 16.2. The Hall–Kier alpha value is -3.28. The number of pyridine rings is 1. The average Bonchev–Trinajstić information content (AvgIpc) is 2.68. The zero-order valence-corrected chi connectivity index (χ0v) is 14.3. The molecule has 3 aromatic rings. The van der Waals surface area contributed by atoms with Crippen LogP contribution in [0.1, 0.15) is 10.4 Å². The molecule has 1 N–H and O–H groups in total. The summed E-state index contributed by atoms with van der Waals surface area (Å²) >= 11 is 0. The van der Waals surface area contributed by atoms with E-state index < -0.39 is 0 Å². The lowest BCUT2D eigenvalue weighted by Gasteiger charge is -2.29. The van der Waals surface area contributed by atoms with Gasteiger partial charge in [0.05, 0.1) is 6.54 Å². The van der Waals surface area contributed by atoms with E-state index in [1.807, 2.05) is 30.3 Å². The highest BCUT2D eigenvalue weighted by Gasteiger charge is 2.25. The molecule has 132 valence electrons. The second-order valence-corrected chi connectivity index (χ2v) is 6.26. The van der Waals surface area contributed by atoms with Crippen LogP contribution < -0.4 is 14.9 Å². The molecule has 1 amide bonds. The van der Waals surface area contributed by atoms with E-state index in [9.17, 15) is 9.59 Å². The quantitative estimate of drug-likeness (QED) is 0.788. The number of amides is 1. The second-order valence-electron chi connectivity index (χ2n) is 6.26. The molecular weight excluding hydrogens is 332 g/mol. The summed E-state index contributed by atoms with van der Waals surface area (Å²) in [5, 5.41) is 0.498. The van der Waals surface area contributed by atoms with Crippen molar-refractivity contribution in [3.8, 4) is 11.5 Å². The van der Waals surface area contributed by atoms with E-state index >= 15 is 0 Å². The molecule has 4 rings (SSSR count). The molecule has 6 heteroatoms. The van der Waals surface area contributed by atoms with E-state index in [2.05, 4.69) is 4.98 Å². The molecule has 1 aromatic heterocycles. The van der Waals surface area contributed by atoms with Gasteiger partial charge in [0.1, 0.15) is 12.2 Å². The number of hydrogen-bond acceptors (Lipinski definition) is 4. The number of para-hydroxylation sites is 3. The molecule has 0 aliphatic carbocycles. The van der Waals surface area contributed by atoms with E-state index in [-0.39, 0.29) is 23.0 Å². The van der Waals surface area contributed by atoms with Gasteiger partial charge in [0.2, 0.25) is 5.43 Å². The van der Waals surface area contributed by atoms with Crippen LogP contribution in [0.2, 0.25) is 0 Å². The van der Waals surface area contributed by atoms with Gasteiger partial charge in [0.25, 0.3) is 5.91 Å². The highest BCUT2D eigenvalue weighted by molar-refractivity contribution is 5.97. The molecule has 0 saturated carbocycles. The number of nitrogens with one attached hydrogen (secondary N) is 1. The van der Waals surface area contributed by atoms with Crippen molar-refractivity contribution in [1.82, 2.24) is 9.88 Å². The molecule has 0 fully saturated rings. The minimum absolute atomic E-state index is 0.114. The Morgan fingerprint density at radius 1 is 1.15 bits per heavy atom. The first-order valence-corrected chi connectivity index (χ1v) is 8.38. The fourth-order valence-electron chi connectivity index (χ4n) is 3.07. The summed E-state index contributed by atoms with van der Waals surface area (Å²) in [5.74, 6) is 1.01.